The molecule has 0 saturated heterocycles. The molecule has 1 N–H and O–H groups in total. The maximum atomic E-state index is 5.80. The van der Waals surface area contributed by atoms with Crippen LogP contribution in [0.2, 0.25) is 0 Å². The normalized spacial score (nSPS) is 18.6. The van der Waals surface area contributed by atoms with Gasteiger partial charge in [0, 0.05) is 11.3 Å². The Kier molecular flexibility index (Phi) is 3.81. The van der Waals surface area contributed by atoms with Crippen molar-refractivity contribution < 1.29 is 4.74 Å². The first-order valence-corrected chi connectivity index (χ1v) is 8.14. The Morgan fingerprint density at radius 3 is 2.95 bits per heavy atom. The summed E-state index contributed by atoms with van der Waals surface area (Å²) in [6.07, 6.45) is 1.33. The Labute approximate surface area is 124 Å². The monoisotopic (exact) mass is 287 g/mol. The van der Waals surface area contributed by atoms with Gasteiger partial charge in [-0.05, 0) is 54.6 Å². The molecule has 0 amide bonds. The minimum Gasteiger partial charge on any atom is -0.490 e. The second-order valence-corrected chi connectivity index (χ2v) is 6.41. The predicted octanol–water partition coefficient (Wildman–Crippen LogP) is 4.08. The largest absolute Gasteiger partial charge is 0.490 e. The lowest BCUT2D eigenvalue weighted by atomic mass is 9.99. The Balaban J connectivity index is 1.97. The van der Waals surface area contributed by atoms with Crippen molar-refractivity contribution in [1.82, 2.24) is 5.32 Å². The summed E-state index contributed by atoms with van der Waals surface area (Å²) in [7, 11) is 0. The Morgan fingerprint density at radius 2 is 2.25 bits per heavy atom. The molecule has 0 spiro atoms. The third-order valence-corrected chi connectivity index (χ3v) is 4.91. The molecule has 0 fully saturated rings. The zero-order chi connectivity index (χ0) is 14.1. The van der Waals surface area contributed by atoms with Crippen LogP contribution in [0.15, 0.2) is 29.6 Å². The highest BCUT2D eigenvalue weighted by molar-refractivity contribution is 7.10. The minimum atomic E-state index is 0.293. The molecule has 1 aromatic heterocycles. The van der Waals surface area contributed by atoms with Crippen LogP contribution in [0.4, 0.5) is 0 Å². The summed E-state index contributed by atoms with van der Waals surface area (Å²) in [5, 5.41) is 5.79. The van der Waals surface area contributed by atoms with E-state index < -0.39 is 0 Å². The van der Waals surface area contributed by atoms with Crippen LogP contribution in [-0.4, -0.2) is 12.6 Å². The van der Waals surface area contributed by atoms with E-state index in [4.69, 9.17) is 4.74 Å². The fraction of sp³-hybridized carbons (Fsp3) is 0.412. The van der Waals surface area contributed by atoms with E-state index in [1.165, 1.54) is 21.6 Å². The molecule has 2 atom stereocenters. The number of hydrogen-bond donors (Lipinski definition) is 1. The van der Waals surface area contributed by atoms with Gasteiger partial charge in [-0.3, -0.25) is 0 Å². The van der Waals surface area contributed by atoms with Gasteiger partial charge in [-0.2, -0.15) is 0 Å². The third-order valence-electron chi connectivity index (χ3n) is 3.83. The van der Waals surface area contributed by atoms with Crippen LogP contribution in [0, 0.1) is 6.92 Å². The molecule has 0 bridgehead atoms. The molecule has 0 radical (unpaired) electrons. The maximum Gasteiger partial charge on any atom is 0.123 e. The van der Waals surface area contributed by atoms with Gasteiger partial charge >= 0.3 is 0 Å². The average molecular weight is 287 g/mol. The van der Waals surface area contributed by atoms with E-state index in [9.17, 15) is 0 Å². The fourth-order valence-electron chi connectivity index (χ4n) is 2.87. The van der Waals surface area contributed by atoms with Crippen LogP contribution in [0.3, 0.4) is 0 Å². The highest BCUT2D eigenvalue weighted by atomic mass is 32.1. The number of aryl methyl sites for hydroxylation is 1. The molecule has 2 aromatic rings. The topological polar surface area (TPSA) is 21.3 Å². The second kappa shape index (κ2) is 5.58. The number of hydrogen-bond acceptors (Lipinski definition) is 3. The molecule has 0 saturated carbocycles. The fourth-order valence-corrected chi connectivity index (χ4v) is 3.90. The van der Waals surface area contributed by atoms with Crippen LogP contribution in [0.25, 0.3) is 0 Å². The van der Waals surface area contributed by atoms with Crippen molar-refractivity contribution >= 4 is 11.3 Å². The quantitative estimate of drug-likeness (QED) is 0.915. The van der Waals surface area contributed by atoms with Gasteiger partial charge in [0.1, 0.15) is 11.9 Å². The molecule has 2 unspecified atom stereocenters. The summed E-state index contributed by atoms with van der Waals surface area (Å²) in [6, 6.07) is 9.13. The summed E-state index contributed by atoms with van der Waals surface area (Å²) < 4.78 is 5.80. The first kappa shape index (κ1) is 13.7. The van der Waals surface area contributed by atoms with Crippen molar-refractivity contribution in [2.24, 2.45) is 0 Å². The summed E-state index contributed by atoms with van der Waals surface area (Å²) >= 11 is 1.83. The molecule has 3 rings (SSSR count). The lowest BCUT2D eigenvalue weighted by Gasteiger charge is -2.19. The molecule has 2 heterocycles. The van der Waals surface area contributed by atoms with Crippen molar-refractivity contribution in [3.8, 4) is 5.75 Å². The number of ether oxygens (including phenoxy) is 1. The summed E-state index contributed by atoms with van der Waals surface area (Å²) in [5.41, 5.74) is 4.05. The van der Waals surface area contributed by atoms with Gasteiger partial charge in [0.2, 0.25) is 0 Å². The zero-order valence-electron chi connectivity index (χ0n) is 12.3. The third kappa shape index (κ3) is 2.48. The van der Waals surface area contributed by atoms with Gasteiger partial charge in [0.15, 0.2) is 0 Å². The van der Waals surface area contributed by atoms with Crippen LogP contribution < -0.4 is 10.1 Å². The summed E-state index contributed by atoms with van der Waals surface area (Å²) in [6.45, 7) is 7.44. The number of fused-ring (bicyclic) bond motifs is 1. The first-order valence-electron chi connectivity index (χ1n) is 7.26. The van der Waals surface area contributed by atoms with Gasteiger partial charge < -0.3 is 10.1 Å². The van der Waals surface area contributed by atoms with Crippen molar-refractivity contribution in [3.63, 3.8) is 0 Å². The van der Waals surface area contributed by atoms with Crippen molar-refractivity contribution in [1.29, 1.82) is 0 Å². The SMILES string of the molecule is CCNC(c1ccc2c(c1)CC(C)O2)c1sccc1C. The lowest BCUT2D eigenvalue weighted by Crippen LogP contribution is -2.21. The smallest absolute Gasteiger partial charge is 0.123 e. The van der Waals surface area contributed by atoms with E-state index in [2.05, 4.69) is 55.7 Å². The molecule has 1 aliphatic rings. The lowest BCUT2D eigenvalue weighted by molar-refractivity contribution is 0.254. The Morgan fingerprint density at radius 1 is 1.40 bits per heavy atom. The van der Waals surface area contributed by atoms with E-state index in [0.717, 1.165) is 18.7 Å². The number of rotatable bonds is 4. The minimum absolute atomic E-state index is 0.293. The van der Waals surface area contributed by atoms with E-state index in [1.807, 2.05) is 11.3 Å². The van der Waals surface area contributed by atoms with Crippen LogP contribution in [0.1, 0.15) is 41.5 Å². The van der Waals surface area contributed by atoms with Crippen molar-refractivity contribution in [2.45, 2.75) is 39.3 Å². The number of nitrogens with one attached hydrogen (secondary N) is 1. The van der Waals surface area contributed by atoms with E-state index in [0.29, 0.717) is 12.1 Å². The molecule has 1 aliphatic heterocycles. The van der Waals surface area contributed by atoms with Gasteiger partial charge in [-0.15, -0.1) is 11.3 Å². The summed E-state index contributed by atoms with van der Waals surface area (Å²) in [5.74, 6) is 1.06. The summed E-state index contributed by atoms with van der Waals surface area (Å²) in [4.78, 5) is 1.42. The van der Waals surface area contributed by atoms with Crippen LogP contribution in [0.5, 0.6) is 5.75 Å². The standard InChI is InChI=1S/C17H21NOS/c1-4-18-16(17-11(2)7-8-20-17)13-5-6-15-14(10-13)9-12(3)19-15/h5-8,10,12,16,18H,4,9H2,1-3H3. The Hall–Kier alpha value is -1.32. The van der Waals surface area contributed by atoms with Gasteiger partial charge in [0.25, 0.3) is 0 Å². The molecule has 20 heavy (non-hydrogen) atoms. The first-order chi connectivity index (χ1) is 9.69. The molecular weight excluding hydrogens is 266 g/mol. The molecule has 0 aliphatic carbocycles. The highest BCUT2D eigenvalue weighted by Crippen LogP contribution is 2.35. The molecular formula is C17H21NOS. The molecule has 2 nitrogen and oxygen atoms in total. The van der Waals surface area contributed by atoms with Crippen molar-refractivity contribution in [2.75, 3.05) is 6.54 Å². The molecule has 3 heteroatoms. The highest BCUT2D eigenvalue weighted by Gasteiger charge is 2.22. The molecule has 1 aromatic carbocycles. The molecule has 106 valence electrons. The number of thiophene rings is 1. The number of benzene rings is 1. The zero-order valence-corrected chi connectivity index (χ0v) is 13.1. The van der Waals surface area contributed by atoms with Crippen molar-refractivity contribution in [3.05, 3.63) is 51.2 Å². The van der Waals surface area contributed by atoms with Crippen LogP contribution in [-0.2, 0) is 6.42 Å². The van der Waals surface area contributed by atoms with Gasteiger partial charge in [-0.25, -0.2) is 0 Å². The second-order valence-electron chi connectivity index (χ2n) is 5.46. The average Bonchev–Trinajstić information content (AvgIpc) is 3.00. The maximum absolute atomic E-state index is 5.80. The van der Waals surface area contributed by atoms with E-state index in [-0.39, 0.29) is 0 Å². The van der Waals surface area contributed by atoms with E-state index >= 15 is 0 Å². The van der Waals surface area contributed by atoms with Gasteiger partial charge in [-0.1, -0.05) is 19.1 Å². The Bertz CT molecular complexity index is 605. The predicted molar refractivity (Wildman–Crippen MR) is 84.8 cm³/mol. The van der Waals surface area contributed by atoms with E-state index in [1.54, 1.807) is 0 Å². The van der Waals surface area contributed by atoms with Gasteiger partial charge in [0.05, 0.1) is 6.04 Å². The van der Waals surface area contributed by atoms with Crippen LogP contribution >= 0.6 is 11.3 Å².